The second-order valence-electron chi connectivity index (χ2n) is 8.96. The highest BCUT2D eigenvalue weighted by Gasteiger charge is 2.23. The maximum Gasteiger partial charge on any atom is 0.337 e. The molecule has 0 radical (unpaired) electrons. The Morgan fingerprint density at radius 3 is 2.66 bits per heavy atom. The number of nitrogens with one attached hydrogen (secondary N) is 1. The van der Waals surface area contributed by atoms with Crippen LogP contribution in [0.3, 0.4) is 0 Å². The van der Waals surface area contributed by atoms with Crippen molar-refractivity contribution in [3.8, 4) is 0 Å². The minimum atomic E-state index is -0.330. The number of rotatable bonds is 10. The number of hydrogen-bond donors (Lipinski definition) is 1. The number of halogens is 1. The largest absolute Gasteiger partial charge is 0.465 e. The summed E-state index contributed by atoms with van der Waals surface area (Å²) in [6.45, 7) is 1.84. The Morgan fingerprint density at radius 2 is 1.91 bits per heavy atom. The van der Waals surface area contributed by atoms with Crippen LogP contribution in [0.2, 0.25) is 5.02 Å². The molecule has 1 fully saturated rings. The van der Waals surface area contributed by atoms with Gasteiger partial charge in [-0.1, -0.05) is 48.0 Å². The van der Waals surface area contributed by atoms with Gasteiger partial charge in [-0.15, -0.1) is 11.3 Å². The summed E-state index contributed by atoms with van der Waals surface area (Å²) >= 11 is 8.09. The fourth-order valence-electron chi connectivity index (χ4n) is 4.23. The van der Waals surface area contributed by atoms with E-state index in [4.69, 9.17) is 21.1 Å². The zero-order chi connectivity index (χ0) is 24.2. The van der Waals surface area contributed by atoms with Crippen molar-refractivity contribution < 1.29 is 14.3 Å². The number of thiophene rings is 1. The molecule has 35 heavy (non-hydrogen) atoms. The van der Waals surface area contributed by atoms with Crippen LogP contribution in [0.25, 0.3) is 10.1 Å². The van der Waals surface area contributed by atoms with E-state index in [1.807, 2.05) is 41.7 Å². The number of esters is 1. The van der Waals surface area contributed by atoms with Gasteiger partial charge in [0.1, 0.15) is 0 Å². The fraction of sp³-hybridized carbons (Fsp3) is 0.276. The van der Waals surface area contributed by atoms with Crippen LogP contribution in [0.5, 0.6) is 0 Å². The molecule has 180 valence electrons. The molecule has 0 aliphatic heterocycles. The lowest BCUT2D eigenvalue weighted by Gasteiger charge is -2.19. The summed E-state index contributed by atoms with van der Waals surface area (Å²) in [5, 5.41) is 5.47. The highest BCUT2D eigenvalue weighted by atomic mass is 35.5. The normalized spacial score (nSPS) is 14.2. The number of fused-ring (bicyclic) bond motifs is 1. The third-order valence-electron chi connectivity index (χ3n) is 6.33. The van der Waals surface area contributed by atoms with Gasteiger partial charge in [-0.05, 0) is 77.2 Å². The average molecular weight is 506 g/mol. The Bertz CT molecular complexity index is 1310. The summed E-state index contributed by atoms with van der Waals surface area (Å²) < 4.78 is 12.5. The predicted octanol–water partition coefficient (Wildman–Crippen LogP) is 7.27. The number of ether oxygens (including phenoxy) is 2. The van der Waals surface area contributed by atoms with Crippen molar-refractivity contribution in [2.75, 3.05) is 13.7 Å². The fourth-order valence-corrected chi connectivity index (χ4v) is 5.47. The molecule has 3 aromatic carbocycles. The van der Waals surface area contributed by atoms with Crippen LogP contribution < -0.4 is 5.32 Å². The van der Waals surface area contributed by atoms with Crippen LogP contribution in [0.1, 0.15) is 56.8 Å². The first kappa shape index (κ1) is 24.0. The van der Waals surface area contributed by atoms with Gasteiger partial charge < -0.3 is 14.8 Å². The standard InChI is InChI=1S/C29H28ClNO3S/c1-33-29(32)21-7-5-19(6-8-21)16-31-17-27(23-3-2-4-25(30)13-23)34-18-26-14-24-12-11-22(20-9-10-20)15-28(24)35-26/h2-8,11-15,20,27,31H,9-10,16-18H2,1H3/t27-/m0/s1. The van der Waals surface area contributed by atoms with E-state index in [2.05, 4.69) is 35.6 Å². The monoisotopic (exact) mass is 505 g/mol. The number of methoxy groups -OCH3 is 1. The second-order valence-corrected chi connectivity index (χ2v) is 10.6. The van der Waals surface area contributed by atoms with Gasteiger partial charge >= 0.3 is 5.97 Å². The summed E-state index contributed by atoms with van der Waals surface area (Å²) in [7, 11) is 1.39. The molecule has 1 atom stereocenters. The van der Waals surface area contributed by atoms with Crippen molar-refractivity contribution in [3.05, 3.63) is 105 Å². The average Bonchev–Trinajstić information content (AvgIpc) is 3.65. The molecule has 0 unspecified atom stereocenters. The van der Waals surface area contributed by atoms with Crippen molar-refractivity contribution in [2.45, 2.75) is 38.0 Å². The Balaban J connectivity index is 1.24. The molecule has 5 rings (SSSR count). The summed E-state index contributed by atoms with van der Waals surface area (Å²) in [6, 6.07) is 24.4. The highest BCUT2D eigenvalue weighted by Crippen LogP contribution is 2.42. The van der Waals surface area contributed by atoms with E-state index in [9.17, 15) is 4.79 Å². The molecule has 6 heteroatoms. The lowest BCUT2D eigenvalue weighted by Crippen LogP contribution is -2.23. The first-order valence-corrected chi connectivity index (χ1v) is 13.1. The Hall–Kier alpha value is -2.70. The summed E-state index contributed by atoms with van der Waals surface area (Å²) in [6.07, 6.45) is 2.49. The first-order chi connectivity index (χ1) is 17.1. The van der Waals surface area contributed by atoms with Gasteiger partial charge in [0, 0.05) is 27.7 Å². The van der Waals surface area contributed by atoms with Gasteiger partial charge in [0.25, 0.3) is 0 Å². The molecule has 4 aromatic rings. The van der Waals surface area contributed by atoms with Crippen molar-refractivity contribution in [2.24, 2.45) is 0 Å². The number of benzene rings is 3. The van der Waals surface area contributed by atoms with E-state index in [-0.39, 0.29) is 12.1 Å². The van der Waals surface area contributed by atoms with Crippen LogP contribution in [0, 0.1) is 0 Å². The lowest BCUT2D eigenvalue weighted by molar-refractivity contribution is 0.0412. The third kappa shape index (κ3) is 6.11. The van der Waals surface area contributed by atoms with Crippen LogP contribution in [-0.4, -0.2) is 19.6 Å². The third-order valence-corrected chi connectivity index (χ3v) is 7.63. The second kappa shape index (κ2) is 10.9. The minimum absolute atomic E-state index is 0.143. The van der Waals surface area contributed by atoms with E-state index < -0.39 is 0 Å². The maximum absolute atomic E-state index is 11.6. The van der Waals surface area contributed by atoms with E-state index in [0.29, 0.717) is 30.3 Å². The first-order valence-electron chi connectivity index (χ1n) is 11.9. The highest BCUT2D eigenvalue weighted by molar-refractivity contribution is 7.19. The molecule has 1 aromatic heterocycles. The quantitative estimate of drug-likeness (QED) is 0.230. The van der Waals surface area contributed by atoms with Crippen LogP contribution in [0.4, 0.5) is 0 Å². The molecule has 0 amide bonds. The zero-order valence-electron chi connectivity index (χ0n) is 19.6. The maximum atomic E-state index is 11.6. The molecular weight excluding hydrogens is 478 g/mol. The van der Waals surface area contributed by atoms with Gasteiger partial charge in [0.2, 0.25) is 0 Å². The molecular formula is C29H28ClNO3S. The summed E-state index contributed by atoms with van der Waals surface area (Å²) in [4.78, 5) is 12.9. The van der Waals surface area contributed by atoms with Gasteiger partial charge in [-0.2, -0.15) is 0 Å². The summed E-state index contributed by atoms with van der Waals surface area (Å²) in [5.41, 5.74) is 4.14. The van der Waals surface area contributed by atoms with E-state index in [0.717, 1.165) is 17.0 Å². The SMILES string of the molecule is COC(=O)c1ccc(CNC[C@H](OCc2cc3ccc(C4CC4)cc3s2)c2cccc(Cl)c2)cc1. The Morgan fingerprint density at radius 1 is 1.09 bits per heavy atom. The van der Waals surface area contributed by atoms with Crippen LogP contribution >= 0.6 is 22.9 Å². The minimum Gasteiger partial charge on any atom is -0.465 e. The van der Waals surface area contributed by atoms with Gasteiger partial charge in [-0.25, -0.2) is 4.79 Å². The molecule has 0 bridgehead atoms. The Kier molecular flexibility index (Phi) is 7.49. The van der Waals surface area contributed by atoms with E-state index in [1.165, 1.54) is 40.5 Å². The molecule has 0 saturated heterocycles. The van der Waals surface area contributed by atoms with Crippen molar-refractivity contribution >= 4 is 39.0 Å². The van der Waals surface area contributed by atoms with Crippen LogP contribution in [-0.2, 0) is 22.6 Å². The Labute approximate surface area is 214 Å². The predicted molar refractivity (Wildman–Crippen MR) is 142 cm³/mol. The smallest absolute Gasteiger partial charge is 0.337 e. The van der Waals surface area contributed by atoms with Crippen LogP contribution in [0.15, 0.2) is 72.8 Å². The van der Waals surface area contributed by atoms with E-state index >= 15 is 0 Å². The van der Waals surface area contributed by atoms with Crippen molar-refractivity contribution in [3.63, 3.8) is 0 Å². The molecule has 0 spiro atoms. The molecule has 1 heterocycles. The van der Waals surface area contributed by atoms with Gasteiger partial charge in [0.05, 0.1) is 25.4 Å². The molecule has 1 aliphatic carbocycles. The zero-order valence-corrected chi connectivity index (χ0v) is 21.2. The molecule has 1 N–H and O–H groups in total. The summed E-state index contributed by atoms with van der Waals surface area (Å²) in [5.74, 6) is 0.431. The topological polar surface area (TPSA) is 47.6 Å². The lowest BCUT2D eigenvalue weighted by atomic mass is 10.1. The number of carbonyl (C=O) groups excluding carboxylic acids is 1. The molecule has 1 saturated carbocycles. The molecule has 1 aliphatic rings. The van der Waals surface area contributed by atoms with E-state index in [1.54, 1.807) is 12.1 Å². The number of hydrogen-bond acceptors (Lipinski definition) is 5. The number of carbonyl (C=O) groups is 1. The molecule has 4 nitrogen and oxygen atoms in total. The van der Waals surface area contributed by atoms with Crippen molar-refractivity contribution in [1.29, 1.82) is 0 Å². The van der Waals surface area contributed by atoms with Gasteiger partial charge in [0.15, 0.2) is 0 Å². The van der Waals surface area contributed by atoms with Crippen molar-refractivity contribution in [1.82, 2.24) is 5.32 Å². The van der Waals surface area contributed by atoms with Gasteiger partial charge in [-0.3, -0.25) is 0 Å².